The summed E-state index contributed by atoms with van der Waals surface area (Å²) >= 11 is 0. The first-order valence-electron chi connectivity index (χ1n) is 11.1. The highest BCUT2D eigenvalue weighted by Crippen LogP contribution is 2.43. The Morgan fingerprint density at radius 3 is 2.84 bits per heavy atom. The first-order valence-corrected chi connectivity index (χ1v) is 11.1. The van der Waals surface area contributed by atoms with Crippen LogP contribution in [0.3, 0.4) is 0 Å². The number of aromatic nitrogens is 1. The molecule has 0 saturated heterocycles. The maximum absolute atomic E-state index is 11.7. The number of esters is 1. The summed E-state index contributed by atoms with van der Waals surface area (Å²) in [5, 5.41) is 0. The van der Waals surface area contributed by atoms with Crippen LogP contribution in [-0.2, 0) is 16.0 Å². The van der Waals surface area contributed by atoms with E-state index in [4.69, 9.17) is 14.2 Å². The normalized spacial score (nSPS) is 18.6. The largest absolute Gasteiger partial charge is 0.492 e. The summed E-state index contributed by atoms with van der Waals surface area (Å²) in [6.45, 7) is 4.71. The van der Waals surface area contributed by atoms with Crippen LogP contribution >= 0.6 is 0 Å². The predicted octanol–water partition coefficient (Wildman–Crippen LogP) is 5.47. The fourth-order valence-electron chi connectivity index (χ4n) is 5.02. The first kappa shape index (κ1) is 20.6. The third-order valence-electron chi connectivity index (χ3n) is 6.62. The Balaban J connectivity index is 1.39. The zero-order valence-corrected chi connectivity index (χ0v) is 18.7. The number of hydrogen-bond acceptors (Lipinski definition) is 5. The Bertz CT molecular complexity index is 1170. The van der Waals surface area contributed by atoms with E-state index in [1.165, 1.54) is 34.9 Å². The van der Waals surface area contributed by atoms with Crippen LogP contribution in [0, 0.1) is 13.8 Å². The summed E-state index contributed by atoms with van der Waals surface area (Å²) in [6.07, 6.45) is 4.12. The zero-order valence-electron chi connectivity index (χ0n) is 18.7. The van der Waals surface area contributed by atoms with Gasteiger partial charge < -0.3 is 14.2 Å². The number of methoxy groups -OCH3 is 1. The summed E-state index contributed by atoms with van der Waals surface area (Å²) in [6, 6.07) is 14.5. The maximum atomic E-state index is 11.7. The van der Waals surface area contributed by atoms with Crippen molar-refractivity contribution < 1.29 is 19.0 Å². The van der Waals surface area contributed by atoms with E-state index < -0.39 is 0 Å². The average Bonchev–Trinajstić information content (AvgIpc) is 3.38. The van der Waals surface area contributed by atoms with Gasteiger partial charge in [-0.2, -0.15) is 0 Å². The van der Waals surface area contributed by atoms with Crippen LogP contribution in [-0.4, -0.2) is 24.7 Å². The molecular formula is C27H27NO4. The molecule has 5 nitrogen and oxygen atoms in total. The van der Waals surface area contributed by atoms with Crippen LogP contribution in [0.5, 0.6) is 11.5 Å². The van der Waals surface area contributed by atoms with Gasteiger partial charge in [-0.25, -0.2) is 0 Å². The van der Waals surface area contributed by atoms with E-state index in [2.05, 4.69) is 43.1 Å². The van der Waals surface area contributed by atoms with Gasteiger partial charge in [-0.1, -0.05) is 24.3 Å². The van der Waals surface area contributed by atoms with Gasteiger partial charge in [0.1, 0.15) is 17.6 Å². The Morgan fingerprint density at radius 1 is 1.16 bits per heavy atom. The highest BCUT2D eigenvalue weighted by atomic mass is 16.5. The lowest BCUT2D eigenvalue weighted by Gasteiger charge is -2.17. The quantitative estimate of drug-likeness (QED) is 0.503. The molecule has 0 radical (unpaired) electrons. The number of benzene rings is 2. The monoisotopic (exact) mass is 429 g/mol. The number of aryl methyl sites for hydroxylation is 2. The van der Waals surface area contributed by atoms with Crippen molar-refractivity contribution in [1.82, 2.24) is 4.98 Å². The lowest BCUT2D eigenvalue weighted by Crippen LogP contribution is -2.09. The second-order valence-electron chi connectivity index (χ2n) is 8.59. The minimum atomic E-state index is -0.218. The van der Waals surface area contributed by atoms with Crippen LogP contribution in [0.4, 0.5) is 0 Å². The summed E-state index contributed by atoms with van der Waals surface area (Å²) in [5.41, 5.74) is 8.43. The molecule has 0 spiro atoms. The first-order chi connectivity index (χ1) is 15.5. The number of carbonyl (C=O) groups excluding carboxylic acids is 1. The molecule has 2 atom stereocenters. The molecule has 0 saturated carbocycles. The van der Waals surface area contributed by atoms with Gasteiger partial charge in [0, 0.05) is 35.0 Å². The lowest BCUT2D eigenvalue weighted by molar-refractivity contribution is -0.141. The average molecular weight is 430 g/mol. The smallest absolute Gasteiger partial charge is 0.306 e. The highest BCUT2D eigenvalue weighted by Gasteiger charge is 2.30. The molecule has 5 rings (SSSR count). The molecule has 0 bridgehead atoms. The van der Waals surface area contributed by atoms with Crippen molar-refractivity contribution in [1.29, 1.82) is 0 Å². The van der Waals surface area contributed by atoms with E-state index in [0.717, 1.165) is 35.6 Å². The minimum absolute atomic E-state index is 0.00699. The summed E-state index contributed by atoms with van der Waals surface area (Å²) in [5.74, 6) is 1.40. The second kappa shape index (κ2) is 8.30. The summed E-state index contributed by atoms with van der Waals surface area (Å²) in [7, 11) is 1.41. The SMILES string of the molecule is COC(=O)CC1COc2cc(OC3CCc4c(-c5c(C)ccnc5C)cccc43)ccc21. The van der Waals surface area contributed by atoms with Gasteiger partial charge in [0.05, 0.1) is 20.1 Å². The standard InChI is InChI=1S/C27H27NO4/c1-16-11-12-28-17(2)27(16)23-6-4-5-22-21(23)9-10-24(22)32-19-7-8-20-18(13-26(29)30-3)15-31-25(20)14-19/h4-8,11-12,14,18,24H,9-10,13,15H2,1-3H3. The van der Waals surface area contributed by atoms with Gasteiger partial charge in [0.15, 0.2) is 0 Å². The molecule has 2 aliphatic rings. The number of ether oxygens (including phenoxy) is 3. The van der Waals surface area contributed by atoms with Crippen LogP contribution in [0.1, 0.15) is 52.8 Å². The molecule has 0 amide bonds. The Hall–Kier alpha value is -3.34. The van der Waals surface area contributed by atoms with E-state index in [9.17, 15) is 4.79 Å². The topological polar surface area (TPSA) is 57.7 Å². The van der Waals surface area contributed by atoms with Crippen molar-refractivity contribution >= 4 is 5.97 Å². The van der Waals surface area contributed by atoms with Crippen molar-refractivity contribution in [2.24, 2.45) is 0 Å². The van der Waals surface area contributed by atoms with E-state index >= 15 is 0 Å². The molecule has 32 heavy (non-hydrogen) atoms. The van der Waals surface area contributed by atoms with Crippen molar-refractivity contribution in [3.05, 3.63) is 76.6 Å². The number of pyridine rings is 1. The van der Waals surface area contributed by atoms with Crippen LogP contribution in [0.2, 0.25) is 0 Å². The fraction of sp³-hybridized carbons (Fsp3) is 0.333. The second-order valence-corrected chi connectivity index (χ2v) is 8.59. The number of nitrogens with zero attached hydrogens (tertiary/aromatic N) is 1. The molecular weight excluding hydrogens is 402 g/mol. The van der Waals surface area contributed by atoms with Gasteiger partial charge >= 0.3 is 5.97 Å². The molecule has 2 heterocycles. The number of hydrogen-bond donors (Lipinski definition) is 0. The number of rotatable bonds is 5. The zero-order chi connectivity index (χ0) is 22.2. The van der Waals surface area contributed by atoms with Crippen LogP contribution in [0.15, 0.2) is 48.7 Å². The van der Waals surface area contributed by atoms with Gasteiger partial charge in [0.25, 0.3) is 0 Å². The molecule has 1 aliphatic carbocycles. The molecule has 0 fully saturated rings. The third-order valence-corrected chi connectivity index (χ3v) is 6.62. The van der Waals surface area contributed by atoms with Gasteiger partial charge in [-0.3, -0.25) is 9.78 Å². The van der Waals surface area contributed by atoms with E-state index in [1.54, 1.807) is 0 Å². The third kappa shape index (κ3) is 3.62. The molecule has 2 unspecified atom stereocenters. The van der Waals surface area contributed by atoms with Crippen molar-refractivity contribution in [3.8, 4) is 22.6 Å². The lowest BCUT2D eigenvalue weighted by atomic mass is 9.93. The number of carbonyl (C=O) groups is 1. The van der Waals surface area contributed by atoms with Gasteiger partial charge in [-0.15, -0.1) is 0 Å². The van der Waals surface area contributed by atoms with E-state index in [0.29, 0.717) is 13.0 Å². The van der Waals surface area contributed by atoms with Crippen molar-refractivity contribution in [3.63, 3.8) is 0 Å². The molecule has 0 N–H and O–H groups in total. The molecule has 164 valence electrons. The Morgan fingerprint density at radius 2 is 2.03 bits per heavy atom. The number of fused-ring (bicyclic) bond motifs is 2. The Labute approximate surface area is 188 Å². The van der Waals surface area contributed by atoms with Gasteiger partial charge in [0.2, 0.25) is 0 Å². The molecule has 5 heteroatoms. The highest BCUT2D eigenvalue weighted by molar-refractivity contribution is 5.74. The Kier molecular flexibility index (Phi) is 5.33. The fourth-order valence-corrected chi connectivity index (χ4v) is 5.02. The molecule has 1 aromatic heterocycles. The van der Waals surface area contributed by atoms with E-state index in [-0.39, 0.29) is 18.0 Å². The summed E-state index contributed by atoms with van der Waals surface area (Å²) < 4.78 is 17.1. The molecule has 1 aliphatic heterocycles. The van der Waals surface area contributed by atoms with Crippen LogP contribution in [0.25, 0.3) is 11.1 Å². The van der Waals surface area contributed by atoms with E-state index in [1.807, 2.05) is 24.4 Å². The maximum Gasteiger partial charge on any atom is 0.306 e. The molecule has 3 aromatic rings. The van der Waals surface area contributed by atoms with Crippen molar-refractivity contribution in [2.75, 3.05) is 13.7 Å². The van der Waals surface area contributed by atoms with Crippen molar-refractivity contribution in [2.45, 2.75) is 45.1 Å². The molecule has 2 aromatic carbocycles. The summed E-state index contributed by atoms with van der Waals surface area (Å²) in [4.78, 5) is 16.2. The van der Waals surface area contributed by atoms with Crippen LogP contribution < -0.4 is 9.47 Å². The predicted molar refractivity (Wildman–Crippen MR) is 122 cm³/mol. The van der Waals surface area contributed by atoms with Gasteiger partial charge in [-0.05, 0) is 61.1 Å². The minimum Gasteiger partial charge on any atom is -0.492 e.